The molecule has 2 rings (SSSR count). The van der Waals surface area contributed by atoms with E-state index in [-0.39, 0.29) is 10.8 Å². The van der Waals surface area contributed by atoms with Crippen LogP contribution in [-0.2, 0) is 10.0 Å². The first-order valence-corrected chi connectivity index (χ1v) is 7.40. The molecular weight excluding hydrogens is 288 g/mol. The fourth-order valence-electron chi connectivity index (χ4n) is 1.40. The van der Waals surface area contributed by atoms with Crippen LogP contribution in [0.4, 0.5) is 5.69 Å². The Hall–Kier alpha value is -1.84. The SMILES string of the molecule is CN(C(=O)c1cnns1)c1ccc(S(N)(=O)=O)cc1. The molecule has 0 saturated carbocycles. The summed E-state index contributed by atoms with van der Waals surface area (Å²) >= 11 is 0.993. The summed E-state index contributed by atoms with van der Waals surface area (Å²) < 4.78 is 25.8. The molecule has 19 heavy (non-hydrogen) atoms. The lowest BCUT2D eigenvalue weighted by atomic mass is 10.3. The van der Waals surface area contributed by atoms with E-state index in [0.29, 0.717) is 10.6 Å². The Bertz CT molecular complexity index is 680. The number of sulfonamides is 1. The van der Waals surface area contributed by atoms with Gasteiger partial charge in [-0.25, -0.2) is 13.6 Å². The van der Waals surface area contributed by atoms with E-state index >= 15 is 0 Å². The van der Waals surface area contributed by atoms with Gasteiger partial charge in [-0.1, -0.05) is 4.49 Å². The molecule has 0 fully saturated rings. The zero-order valence-electron chi connectivity index (χ0n) is 9.85. The summed E-state index contributed by atoms with van der Waals surface area (Å²) in [7, 11) is -2.15. The highest BCUT2D eigenvalue weighted by molar-refractivity contribution is 7.89. The summed E-state index contributed by atoms with van der Waals surface area (Å²) in [4.78, 5) is 13.8. The molecule has 0 spiro atoms. The first-order valence-electron chi connectivity index (χ1n) is 5.08. The van der Waals surface area contributed by atoms with E-state index < -0.39 is 10.0 Å². The molecule has 0 unspecified atom stereocenters. The molecule has 2 N–H and O–H groups in total. The molecule has 9 heteroatoms. The molecule has 1 heterocycles. The van der Waals surface area contributed by atoms with Crippen molar-refractivity contribution in [3.8, 4) is 0 Å². The second kappa shape index (κ2) is 5.03. The van der Waals surface area contributed by atoms with Gasteiger partial charge in [-0.3, -0.25) is 4.79 Å². The van der Waals surface area contributed by atoms with Crippen molar-refractivity contribution in [2.24, 2.45) is 5.14 Å². The van der Waals surface area contributed by atoms with E-state index in [1.165, 1.54) is 35.4 Å². The number of carbonyl (C=O) groups excluding carboxylic acids is 1. The third-order valence-corrected chi connectivity index (χ3v) is 4.01. The van der Waals surface area contributed by atoms with Crippen molar-refractivity contribution >= 4 is 33.2 Å². The zero-order chi connectivity index (χ0) is 14.0. The number of nitrogens with zero attached hydrogens (tertiary/aromatic N) is 3. The summed E-state index contributed by atoms with van der Waals surface area (Å²) in [6.45, 7) is 0. The van der Waals surface area contributed by atoms with Crippen LogP contribution >= 0.6 is 11.5 Å². The number of benzene rings is 1. The van der Waals surface area contributed by atoms with Gasteiger partial charge in [0.25, 0.3) is 5.91 Å². The zero-order valence-corrected chi connectivity index (χ0v) is 11.5. The largest absolute Gasteiger partial charge is 0.311 e. The maximum atomic E-state index is 12.0. The number of primary sulfonamides is 1. The summed E-state index contributed by atoms with van der Waals surface area (Å²) in [6.07, 6.45) is 1.38. The monoisotopic (exact) mass is 298 g/mol. The van der Waals surface area contributed by atoms with Gasteiger partial charge >= 0.3 is 0 Å². The van der Waals surface area contributed by atoms with Crippen molar-refractivity contribution in [2.45, 2.75) is 4.90 Å². The second-order valence-corrected chi connectivity index (χ2v) is 6.03. The third kappa shape index (κ3) is 2.95. The Morgan fingerprint density at radius 1 is 1.32 bits per heavy atom. The minimum Gasteiger partial charge on any atom is -0.311 e. The fraction of sp³-hybridized carbons (Fsp3) is 0.100. The van der Waals surface area contributed by atoms with Crippen LogP contribution in [0.1, 0.15) is 9.67 Å². The molecule has 1 aromatic heterocycles. The lowest BCUT2D eigenvalue weighted by molar-refractivity contribution is 0.0996. The molecule has 2 aromatic rings. The number of hydrogen-bond donors (Lipinski definition) is 1. The van der Waals surface area contributed by atoms with E-state index in [0.717, 1.165) is 11.5 Å². The average molecular weight is 298 g/mol. The first-order chi connectivity index (χ1) is 8.89. The van der Waals surface area contributed by atoms with Gasteiger partial charge in [0.15, 0.2) is 0 Å². The quantitative estimate of drug-likeness (QED) is 0.886. The molecule has 0 aliphatic rings. The van der Waals surface area contributed by atoms with Crippen LogP contribution in [0.5, 0.6) is 0 Å². The number of anilines is 1. The Kier molecular flexibility index (Phi) is 3.60. The van der Waals surface area contributed by atoms with Gasteiger partial charge in [0.05, 0.1) is 11.1 Å². The van der Waals surface area contributed by atoms with Crippen LogP contribution < -0.4 is 10.0 Å². The fourth-order valence-corrected chi connectivity index (χ4v) is 2.41. The molecular formula is C10H10N4O3S2. The maximum absolute atomic E-state index is 12.0. The van der Waals surface area contributed by atoms with E-state index in [2.05, 4.69) is 9.59 Å². The Morgan fingerprint density at radius 2 is 1.95 bits per heavy atom. The molecule has 0 atom stereocenters. The minimum absolute atomic E-state index is 0.00319. The predicted molar refractivity (Wildman–Crippen MR) is 70.5 cm³/mol. The van der Waals surface area contributed by atoms with Gasteiger partial charge in [0, 0.05) is 12.7 Å². The highest BCUT2D eigenvalue weighted by Crippen LogP contribution is 2.18. The van der Waals surface area contributed by atoms with Crippen LogP contribution in [0.25, 0.3) is 0 Å². The van der Waals surface area contributed by atoms with Crippen molar-refractivity contribution in [3.63, 3.8) is 0 Å². The highest BCUT2D eigenvalue weighted by atomic mass is 32.2. The molecule has 0 saturated heterocycles. The van der Waals surface area contributed by atoms with E-state index in [9.17, 15) is 13.2 Å². The van der Waals surface area contributed by atoms with Crippen molar-refractivity contribution in [3.05, 3.63) is 35.3 Å². The number of aromatic nitrogens is 2. The molecule has 0 aliphatic carbocycles. The number of hydrogen-bond acceptors (Lipinski definition) is 6. The van der Waals surface area contributed by atoms with Gasteiger partial charge in [-0.15, -0.1) is 5.10 Å². The van der Waals surface area contributed by atoms with Gasteiger partial charge in [-0.2, -0.15) is 0 Å². The lowest BCUT2D eigenvalue weighted by Gasteiger charge is -2.16. The van der Waals surface area contributed by atoms with Crippen LogP contribution in [0.2, 0.25) is 0 Å². The molecule has 100 valence electrons. The third-order valence-electron chi connectivity index (χ3n) is 2.43. The molecule has 1 aromatic carbocycles. The van der Waals surface area contributed by atoms with Gasteiger partial charge in [0.1, 0.15) is 4.88 Å². The molecule has 7 nitrogen and oxygen atoms in total. The number of nitrogens with two attached hydrogens (primary N) is 1. The maximum Gasteiger partial charge on any atom is 0.271 e. The molecule has 0 radical (unpaired) electrons. The van der Waals surface area contributed by atoms with E-state index in [1.54, 1.807) is 7.05 Å². The van der Waals surface area contributed by atoms with Gasteiger partial charge in [0.2, 0.25) is 10.0 Å². The van der Waals surface area contributed by atoms with Crippen molar-refractivity contribution in [1.29, 1.82) is 0 Å². The summed E-state index contributed by atoms with van der Waals surface area (Å²) in [6, 6.07) is 5.71. The molecule has 0 aliphatic heterocycles. The Labute approximate surface area is 113 Å². The normalized spacial score (nSPS) is 11.3. The van der Waals surface area contributed by atoms with Gasteiger partial charge < -0.3 is 4.90 Å². The first kappa shape index (κ1) is 13.6. The van der Waals surface area contributed by atoms with Crippen LogP contribution in [0.15, 0.2) is 35.4 Å². The van der Waals surface area contributed by atoms with Gasteiger partial charge in [-0.05, 0) is 35.8 Å². The van der Waals surface area contributed by atoms with Crippen molar-refractivity contribution in [1.82, 2.24) is 9.59 Å². The van der Waals surface area contributed by atoms with Crippen LogP contribution in [0.3, 0.4) is 0 Å². The predicted octanol–water partition coefficient (Wildman–Crippen LogP) is 0.462. The number of amides is 1. The lowest BCUT2D eigenvalue weighted by Crippen LogP contribution is -2.25. The number of rotatable bonds is 3. The Morgan fingerprint density at radius 3 is 2.42 bits per heavy atom. The van der Waals surface area contributed by atoms with Crippen molar-refractivity contribution in [2.75, 3.05) is 11.9 Å². The standard InChI is InChI=1S/C10H10N4O3S2/c1-14(10(15)9-6-12-13-18-9)7-2-4-8(5-3-7)19(11,16)17/h2-6H,1H3,(H2,11,16,17). The minimum atomic E-state index is -3.73. The Balaban J connectivity index is 2.25. The smallest absolute Gasteiger partial charge is 0.271 e. The summed E-state index contributed by atoms with van der Waals surface area (Å²) in [5.74, 6) is -0.265. The average Bonchev–Trinajstić information content (AvgIpc) is 2.90. The molecule has 0 bridgehead atoms. The second-order valence-electron chi connectivity index (χ2n) is 3.68. The van der Waals surface area contributed by atoms with Crippen LogP contribution in [0, 0.1) is 0 Å². The van der Waals surface area contributed by atoms with E-state index in [1.807, 2.05) is 0 Å². The van der Waals surface area contributed by atoms with Crippen molar-refractivity contribution < 1.29 is 13.2 Å². The summed E-state index contributed by atoms with van der Waals surface area (Å²) in [5.41, 5.74) is 0.547. The highest BCUT2D eigenvalue weighted by Gasteiger charge is 2.16. The molecule has 1 amide bonds. The number of carbonyl (C=O) groups is 1. The topological polar surface area (TPSA) is 106 Å². The summed E-state index contributed by atoms with van der Waals surface area (Å²) in [5, 5.41) is 8.59. The van der Waals surface area contributed by atoms with E-state index in [4.69, 9.17) is 5.14 Å². The van der Waals surface area contributed by atoms with Crippen LogP contribution in [-0.4, -0.2) is 31.0 Å².